The first-order valence-electron chi connectivity index (χ1n) is 2.09. The summed E-state index contributed by atoms with van der Waals surface area (Å²) >= 11 is -0.995. The van der Waals surface area contributed by atoms with Gasteiger partial charge in [0, 0.05) is 0 Å². The van der Waals surface area contributed by atoms with Gasteiger partial charge in [-0.15, -0.1) is 0 Å². The fourth-order valence-electron chi connectivity index (χ4n) is 0.489. The van der Waals surface area contributed by atoms with Crippen LogP contribution in [0.5, 0.6) is 0 Å². The molecule has 0 spiro atoms. The number of rotatable bonds is 1. The predicted molar refractivity (Wildman–Crippen MR) is 22.5 cm³/mol. The van der Waals surface area contributed by atoms with Gasteiger partial charge in [0.1, 0.15) is 0 Å². The molecule has 1 aliphatic carbocycles. The van der Waals surface area contributed by atoms with Crippen LogP contribution in [0.1, 0.15) is 6.42 Å². The summed E-state index contributed by atoms with van der Waals surface area (Å²) in [5, 5.41) is 0. The zero-order chi connectivity index (χ0) is 5.11. The van der Waals surface area contributed by atoms with Gasteiger partial charge < -0.3 is 24.8 Å². The van der Waals surface area contributed by atoms with E-state index in [-0.39, 0.29) is 24.8 Å². The molecule has 0 aromatic rings. The molecule has 0 fully saturated rings. The SMILES string of the molecule is [Cl-].[Cl-].[O]=[Mo+2][C]1=CC=CC1. The molecule has 0 unspecified atom stereocenters. The molecule has 0 amide bonds. The summed E-state index contributed by atoms with van der Waals surface area (Å²) in [6.45, 7) is 0. The standard InChI is InChI=1S/C5H5.2ClH.Mo.O/c1-2-4-5-3-1;;;;/h1-3H,4H2;2*1H;;/q;;;+2;/p-2. The van der Waals surface area contributed by atoms with Gasteiger partial charge in [-0.1, -0.05) is 0 Å². The first kappa shape index (κ1) is 12.2. The van der Waals surface area contributed by atoms with Crippen molar-refractivity contribution in [1.82, 2.24) is 0 Å². The Bertz CT molecular complexity index is 142. The fraction of sp³-hybridized carbons (Fsp3) is 0.200. The zero-order valence-electron chi connectivity index (χ0n) is 4.51. The summed E-state index contributed by atoms with van der Waals surface area (Å²) in [5.41, 5.74) is 0. The Morgan fingerprint density at radius 3 is 2.33 bits per heavy atom. The third kappa shape index (κ3) is 4.02. The molecule has 0 aliphatic heterocycles. The molecule has 0 N–H and O–H groups in total. The van der Waals surface area contributed by atoms with Crippen LogP contribution in [-0.2, 0) is 21.9 Å². The molecule has 0 radical (unpaired) electrons. The Morgan fingerprint density at radius 1 is 1.44 bits per heavy atom. The van der Waals surface area contributed by atoms with Crippen LogP contribution in [0.25, 0.3) is 0 Å². The second kappa shape index (κ2) is 6.67. The first-order chi connectivity index (χ1) is 3.43. The van der Waals surface area contributed by atoms with E-state index in [4.69, 9.17) is 0 Å². The van der Waals surface area contributed by atoms with Crippen molar-refractivity contribution in [3.63, 3.8) is 0 Å². The summed E-state index contributed by atoms with van der Waals surface area (Å²) in [4.78, 5) is 0. The molecule has 51 valence electrons. The fourth-order valence-corrected chi connectivity index (χ4v) is 1.22. The number of hydrogen-bond acceptors (Lipinski definition) is 1. The molecule has 0 saturated carbocycles. The maximum atomic E-state index is 10.2. The van der Waals surface area contributed by atoms with Crippen LogP contribution in [0, 0.1) is 0 Å². The van der Waals surface area contributed by atoms with Crippen molar-refractivity contribution in [2.24, 2.45) is 0 Å². The van der Waals surface area contributed by atoms with E-state index in [1.54, 1.807) is 0 Å². The zero-order valence-corrected chi connectivity index (χ0v) is 8.03. The van der Waals surface area contributed by atoms with Crippen LogP contribution < -0.4 is 24.8 Å². The minimum absolute atomic E-state index is 0. The van der Waals surface area contributed by atoms with Gasteiger partial charge in [0.05, 0.1) is 0 Å². The summed E-state index contributed by atoms with van der Waals surface area (Å²) in [6.07, 6.45) is 6.86. The van der Waals surface area contributed by atoms with Crippen molar-refractivity contribution in [3.8, 4) is 0 Å². The summed E-state index contributed by atoms with van der Waals surface area (Å²) < 4.78 is 11.3. The van der Waals surface area contributed by atoms with Crippen LogP contribution in [0.2, 0.25) is 0 Å². The topological polar surface area (TPSA) is 17.1 Å². The normalized spacial score (nSPS) is 12.7. The van der Waals surface area contributed by atoms with E-state index >= 15 is 0 Å². The summed E-state index contributed by atoms with van der Waals surface area (Å²) in [7, 11) is 0. The molecule has 1 nitrogen and oxygen atoms in total. The molecule has 0 saturated heterocycles. The molecule has 1 rings (SSSR count). The van der Waals surface area contributed by atoms with Gasteiger partial charge in [0.2, 0.25) is 0 Å². The number of allylic oxidation sites excluding steroid dienone is 4. The number of hydrogen-bond donors (Lipinski definition) is 0. The van der Waals surface area contributed by atoms with E-state index in [0.717, 1.165) is 10.4 Å². The molecular formula is C5H5Cl2MoO. The second-order valence-corrected chi connectivity index (χ2v) is 3.05. The van der Waals surface area contributed by atoms with Crippen molar-refractivity contribution in [2.45, 2.75) is 6.42 Å². The summed E-state index contributed by atoms with van der Waals surface area (Å²) in [6, 6.07) is 0. The van der Waals surface area contributed by atoms with Crippen molar-refractivity contribution in [2.75, 3.05) is 0 Å². The van der Waals surface area contributed by atoms with E-state index < -0.39 is 18.5 Å². The Balaban J connectivity index is 0. The minimum atomic E-state index is -0.995. The Kier molecular flexibility index (Phi) is 9.07. The first-order valence-corrected chi connectivity index (χ1v) is 3.91. The van der Waals surface area contributed by atoms with E-state index in [0.29, 0.717) is 0 Å². The van der Waals surface area contributed by atoms with Crippen molar-refractivity contribution in [1.29, 1.82) is 0 Å². The van der Waals surface area contributed by atoms with Gasteiger partial charge in [0.25, 0.3) is 0 Å². The van der Waals surface area contributed by atoms with Crippen LogP contribution >= 0.6 is 0 Å². The van der Waals surface area contributed by atoms with Crippen LogP contribution in [0.4, 0.5) is 0 Å². The molecule has 0 aromatic carbocycles. The molecule has 0 aromatic heterocycles. The molecule has 9 heavy (non-hydrogen) atoms. The number of halogens is 2. The second-order valence-electron chi connectivity index (χ2n) is 1.35. The van der Waals surface area contributed by atoms with E-state index in [1.165, 1.54) is 0 Å². The third-order valence-corrected chi connectivity index (χ3v) is 2.11. The quantitative estimate of drug-likeness (QED) is 0.426. The molecule has 1 aliphatic rings. The maximum absolute atomic E-state index is 10.2. The van der Waals surface area contributed by atoms with Gasteiger partial charge in [0.15, 0.2) is 0 Å². The molecule has 0 bridgehead atoms. The molecule has 0 atom stereocenters. The Labute approximate surface area is 75.3 Å². The third-order valence-electron chi connectivity index (χ3n) is 0.844. The van der Waals surface area contributed by atoms with Gasteiger partial charge in [-0.3, -0.25) is 0 Å². The van der Waals surface area contributed by atoms with E-state index in [9.17, 15) is 3.40 Å². The van der Waals surface area contributed by atoms with Crippen molar-refractivity contribution >= 4 is 0 Å². The average molecular weight is 248 g/mol. The van der Waals surface area contributed by atoms with Crippen molar-refractivity contribution < 1.29 is 46.7 Å². The van der Waals surface area contributed by atoms with Gasteiger partial charge in [-0.05, 0) is 0 Å². The van der Waals surface area contributed by atoms with Gasteiger partial charge >= 0.3 is 50.5 Å². The predicted octanol–water partition coefficient (Wildman–Crippen LogP) is -4.73. The molecule has 4 heteroatoms. The van der Waals surface area contributed by atoms with Crippen LogP contribution in [-0.4, -0.2) is 0 Å². The monoisotopic (exact) mass is 249 g/mol. The van der Waals surface area contributed by atoms with Crippen LogP contribution in [0.3, 0.4) is 0 Å². The molecule has 0 heterocycles. The van der Waals surface area contributed by atoms with Gasteiger partial charge in [-0.2, -0.15) is 0 Å². The Morgan fingerprint density at radius 2 is 2.11 bits per heavy atom. The summed E-state index contributed by atoms with van der Waals surface area (Å²) in [5.74, 6) is 0. The van der Waals surface area contributed by atoms with E-state index in [1.807, 2.05) is 18.2 Å². The van der Waals surface area contributed by atoms with E-state index in [2.05, 4.69) is 0 Å². The van der Waals surface area contributed by atoms with Gasteiger partial charge in [-0.25, -0.2) is 0 Å². The van der Waals surface area contributed by atoms with Crippen molar-refractivity contribution in [3.05, 3.63) is 22.2 Å². The Hall–Kier alpha value is 0.548. The average Bonchev–Trinajstić information content (AvgIpc) is 2.14. The van der Waals surface area contributed by atoms with Crippen LogP contribution in [0.15, 0.2) is 22.2 Å². The molecular weight excluding hydrogens is 243 g/mol.